The zero-order chi connectivity index (χ0) is 12.0. The van der Waals surface area contributed by atoms with Crippen molar-refractivity contribution in [2.75, 3.05) is 18.4 Å². The number of rotatable bonds is 5. The Kier molecular flexibility index (Phi) is 5.14. The van der Waals surface area contributed by atoms with Gasteiger partial charge >= 0.3 is 0 Å². The molecule has 0 radical (unpaired) electrons. The third-order valence-electron chi connectivity index (χ3n) is 2.03. The fourth-order valence-corrected chi connectivity index (χ4v) is 1.19. The minimum absolute atomic E-state index is 0.0856. The second-order valence-electron chi connectivity index (χ2n) is 3.44. The molecule has 1 rings (SSSR count). The van der Waals surface area contributed by atoms with Gasteiger partial charge in [-0.15, -0.1) is 10.2 Å². The minimum Gasteiger partial charge on any atom is -0.316 e. The van der Waals surface area contributed by atoms with Gasteiger partial charge in [-0.25, -0.2) is 0 Å². The van der Waals surface area contributed by atoms with Crippen molar-refractivity contribution < 1.29 is 4.79 Å². The molecule has 1 atom stereocenters. The first-order valence-corrected chi connectivity index (χ1v) is 5.52. The van der Waals surface area contributed by atoms with Crippen LogP contribution in [0.2, 0.25) is 5.15 Å². The molecule has 0 aliphatic rings. The largest absolute Gasteiger partial charge is 0.316 e. The highest BCUT2D eigenvalue weighted by atomic mass is 35.5. The van der Waals surface area contributed by atoms with E-state index in [1.54, 1.807) is 12.1 Å². The number of nitrogens with zero attached hydrogens (tertiary/aromatic N) is 2. The highest BCUT2D eigenvalue weighted by Crippen LogP contribution is 2.07. The van der Waals surface area contributed by atoms with Crippen LogP contribution in [0.15, 0.2) is 12.1 Å². The lowest BCUT2D eigenvalue weighted by Crippen LogP contribution is -2.30. The number of nitrogens with one attached hydrogen (secondary N) is 2. The van der Waals surface area contributed by atoms with Crippen molar-refractivity contribution in [3.8, 4) is 0 Å². The van der Waals surface area contributed by atoms with Crippen LogP contribution >= 0.6 is 11.6 Å². The monoisotopic (exact) mass is 242 g/mol. The predicted molar refractivity (Wildman–Crippen MR) is 63.4 cm³/mol. The van der Waals surface area contributed by atoms with E-state index in [9.17, 15) is 4.79 Å². The molecule has 5 nitrogen and oxygen atoms in total. The van der Waals surface area contributed by atoms with Crippen LogP contribution < -0.4 is 10.6 Å². The van der Waals surface area contributed by atoms with Crippen LogP contribution in [0.3, 0.4) is 0 Å². The Hall–Kier alpha value is -1.20. The summed E-state index contributed by atoms with van der Waals surface area (Å²) in [5.41, 5.74) is 0. The first kappa shape index (κ1) is 12.9. The molecule has 0 aromatic carbocycles. The van der Waals surface area contributed by atoms with Crippen LogP contribution in [0, 0.1) is 5.92 Å². The molecule has 0 aliphatic heterocycles. The number of halogens is 1. The Balaban J connectivity index is 2.47. The summed E-state index contributed by atoms with van der Waals surface area (Å²) in [7, 11) is 0. The Bertz CT molecular complexity index is 341. The predicted octanol–water partition coefficient (Wildman–Crippen LogP) is 1.31. The van der Waals surface area contributed by atoms with E-state index in [0.717, 1.165) is 6.54 Å². The smallest absolute Gasteiger partial charge is 0.229 e. The Morgan fingerprint density at radius 2 is 2.25 bits per heavy atom. The van der Waals surface area contributed by atoms with E-state index < -0.39 is 0 Å². The summed E-state index contributed by atoms with van der Waals surface area (Å²) in [5.74, 6) is 0.216. The van der Waals surface area contributed by atoms with Crippen molar-refractivity contribution in [3.63, 3.8) is 0 Å². The van der Waals surface area contributed by atoms with E-state index >= 15 is 0 Å². The third-order valence-corrected chi connectivity index (χ3v) is 2.23. The van der Waals surface area contributed by atoms with Gasteiger partial charge in [0.15, 0.2) is 11.0 Å². The molecule has 0 saturated carbocycles. The van der Waals surface area contributed by atoms with E-state index in [-0.39, 0.29) is 11.8 Å². The molecule has 0 saturated heterocycles. The van der Waals surface area contributed by atoms with Gasteiger partial charge in [0.2, 0.25) is 5.91 Å². The fraction of sp³-hybridized carbons (Fsp3) is 0.500. The summed E-state index contributed by atoms with van der Waals surface area (Å²) in [6.07, 6.45) is 0. The Morgan fingerprint density at radius 3 is 2.81 bits per heavy atom. The Labute approximate surface area is 99.6 Å². The van der Waals surface area contributed by atoms with Gasteiger partial charge in [-0.1, -0.05) is 25.4 Å². The van der Waals surface area contributed by atoms with Gasteiger partial charge in [0.25, 0.3) is 0 Å². The highest BCUT2D eigenvalue weighted by molar-refractivity contribution is 6.29. The molecule has 1 amide bonds. The van der Waals surface area contributed by atoms with Crippen LogP contribution in [0.5, 0.6) is 0 Å². The van der Waals surface area contributed by atoms with Crippen LogP contribution in [-0.4, -0.2) is 29.2 Å². The van der Waals surface area contributed by atoms with E-state index in [4.69, 9.17) is 11.6 Å². The molecule has 1 unspecified atom stereocenters. The second kappa shape index (κ2) is 6.40. The quantitative estimate of drug-likeness (QED) is 0.817. The minimum atomic E-state index is -0.113. The maximum Gasteiger partial charge on any atom is 0.229 e. The first-order valence-electron chi connectivity index (χ1n) is 5.14. The highest BCUT2D eigenvalue weighted by Gasteiger charge is 2.12. The van der Waals surface area contributed by atoms with Crippen LogP contribution in [-0.2, 0) is 4.79 Å². The van der Waals surface area contributed by atoms with Gasteiger partial charge < -0.3 is 10.6 Å². The Morgan fingerprint density at radius 1 is 1.50 bits per heavy atom. The lowest BCUT2D eigenvalue weighted by molar-refractivity contribution is -0.119. The fourth-order valence-electron chi connectivity index (χ4n) is 1.09. The van der Waals surface area contributed by atoms with Crippen LogP contribution in [0.25, 0.3) is 0 Å². The molecule has 0 aliphatic carbocycles. The molecule has 1 heterocycles. The van der Waals surface area contributed by atoms with Gasteiger partial charge in [-0.2, -0.15) is 0 Å². The summed E-state index contributed by atoms with van der Waals surface area (Å²) < 4.78 is 0. The molecule has 16 heavy (non-hydrogen) atoms. The number of hydrogen-bond donors (Lipinski definition) is 2. The van der Waals surface area contributed by atoms with E-state index in [1.165, 1.54) is 0 Å². The van der Waals surface area contributed by atoms with Gasteiger partial charge in [-0.3, -0.25) is 4.79 Å². The van der Waals surface area contributed by atoms with Crippen LogP contribution in [0.4, 0.5) is 5.82 Å². The second-order valence-corrected chi connectivity index (χ2v) is 3.83. The molecule has 0 spiro atoms. The van der Waals surface area contributed by atoms with Gasteiger partial charge in [0.05, 0.1) is 0 Å². The molecule has 0 fully saturated rings. The summed E-state index contributed by atoms with van der Waals surface area (Å²) in [5, 5.41) is 13.5. The van der Waals surface area contributed by atoms with Crippen molar-refractivity contribution in [3.05, 3.63) is 17.3 Å². The van der Waals surface area contributed by atoms with Crippen LogP contribution in [0.1, 0.15) is 13.8 Å². The van der Waals surface area contributed by atoms with Gasteiger partial charge in [0.1, 0.15) is 0 Å². The molecule has 2 N–H and O–H groups in total. The summed E-state index contributed by atoms with van der Waals surface area (Å²) in [4.78, 5) is 11.7. The number of carbonyl (C=O) groups is 1. The summed E-state index contributed by atoms with van der Waals surface area (Å²) >= 11 is 5.58. The standard InChI is InChI=1S/C10H15ClN4O/c1-3-12-6-7(2)10(16)13-9-5-4-8(11)14-15-9/h4-5,7,12H,3,6H2,1-2H3,(H,13,15,16). The lowest BCUT2D eigenvalue weighted by atomic mass is 10.1. The van der Waals surface area contributed by atoms with Crippen molar-refractivity contribution in [2.45, 2.75) is 13.8 Å². The number of amides is 1. The maximum absolute atomic E-state index is 11.7. The normalized spacial score (nSPS) is 12.2. The zero-order valence-corrected chi connectivity index (χ0v) is 10.1. The molecular formula is C10H15ClN4O. The van der Waals surface area contributed by atoms with Gasteiger partial charge in [0, 0.05) is 12.5 Å². The van der Waals surface area contributed by atoms with Crippen molar-refractivity contribution in [2.24, 2.45) is 5.92 Å². The molecular weight excluding hydrogens is 228 g/mol. The number of anilines is 1. The van der Waals surface area contributed by atoms with Crippen molar-refractivity contribution in [1.82, 2.24) is 15.5 Å². The number of carbonyl (C=O) groups excluding carboxylic acids is 1. The van der Waals surface area contributed by atoms with E-state index in [2.05, 4.69) is 20.8 Å². The number of hydrogen-bond acceptors (Lipinski definition) is 4. The SMILES string of the molecule is CCNCC(C)C(=O)Nc1ccc(Cl)nn1. The molecule has 6 heteroatoms. The topological polar surface area (TPSA) is 66.9 Å². The maximum atomic E-state index is 11.7. The zero-order valence-electron chi connectivity index (χ0n) is 9.33. The average Bonchev–Trinajstić information content (AvgIpc) is 2.29. The van der Waals surface area contributed by atoms with E-state index in [0.29, 0.717) is 17.5 Å². The molecule has 88 valence electrons. The van der Waals surface area contributed by atoms with E-state index in [1.807, 2.05) is 13.8 Å². The average molecular weight is 243 g/mol. The summed E-state index contributed by atoms with van der Waals surface area (Å²) in [6, 6.07) is 3.20. The third kappa shape index (κ3) is 4.12. The van der Waals surface area contributed by atoms with Gasteiger partial charge in [-0.05, 0) is 18.7 Å². The summed E-state index contributed by atoms with van der Waals surface area (Å²) in [6.45, 7) is 5.33. The lowest BCUT2D eigenvalue weighted by Gasteiger charge is -2.11. The molecule has 0 bridgehead atoms. The van der Waals surface area contributed by atoms with Crippen molar-refractivity contribution >= 4 is 23.3 Å². The first-order chi connectivity index (χ1) is 7.63. The molecule has 1 aromatic rings. The van der Waals surface area contributed by atoms with Crippen molar-refractivity contribution in [1.29, 1.82) is 0 Å². The molecule has 1 aromatic heterocycles. The number of aromatic nitrogens is 2.